The predicted molar refractivity (Wildman–Crippen MR) is 67.1 cm³/mol. The Morgan fingerprint density at radius 2 is 1.75 bits per heavy atom. The number of aldehydes is 1. The number of ketones is 1. The monoisotopic (exact) mass is 220 g/mol. The van der Waals surface area contributed by atoms with Crippen LogP contribution in [0.1, 0.15) is 27.2 Å². The van der Waals surface area contributed by atoms with Crippen LogP contribution in [0.25, 0.3) is 0 Å². The molecule has 0 aromatic heterocycles. The van der Waals surface area contributed by atoms with Crippen LogP contribution in [0.5, 0.6) is 0 Å². The molecular formula is C14H20O2. The standard InChI is InChI=1S/C14H20O2/c1-4-5-6-7-8-9-14(16)13(3)10-12(2)11-15/h4-9,11-13H,10H2,1-3H3/b5-4+,7-6+,9-8+/t12-,13+/m1/s1. The quantitative estimate of drug-likeness (QED) is 0.375. The zero-order valence-electron chi connectivity index (χ0n) is 10.2. The summed E-state index contributed by atoms with van der Waals surface area (Å²) in [5, 5.41) is 0. The Hall–Kier alpha value is -1.44. The summed E-state index contributed by atoms with van der Waals surface area (Å²) >= 11 is 0. The zero-order valence-corrected chi connectivity index (χ0v) is 10.2. The molecule has 0 aliphatic carbocycles. The van der Waals surface area contributed by atoms with E-state index in [1.165, 1.54) is 0 Å². The Balaban J connectivity index is 4.09. The molecule has 0 rings (SSSR count). The normalized spacial score (nSPS) is 15.9. The molecular weight excluding hydrogens is 200 g/mol. The first kappa shape index (κ1) is 14.6. The summed E-state index contributed by atoms with van der Waals surface area (Å²) in [6.45, 7) is 5.61. The van der Waals surface area contributed by atoms with E-state index < -0.39 is 0 Å². The van der Waals surface area contributed by atoms with Crippen molar-refractivity contribution in [1.29, 1.82) is 0 Å². The molecule has 0 aliphatic heterocycles. The average Bonchev–Trinajstić information content (AvgIpc) is 2.28. The fourth-order valence-electron chi connectivity index (χ4n) is 1.28. The van der Waals surface area contributed by atoms with Crippen molar-refractivity contribution in [2.45, 2.75) is 27.2 Å². The first-order valence-electron chi connectivity index (χ1n) is 5.57. The van der Waals surface area contributed by atoms with Crippen LogP contribution in [0, 0.1) is 11.8 Å². The van der Waals surface area contributed by atoms with Gasteiger partial charge in [0.15, 0.2) is 5.78 Å². The smallest absolute Gasteiger partial charge is 0.158 e. The SMILES string of the molecule is C/C=C/C=C/C=C/C(=O)[C@@H](C)C[C@@H](C)C=O. The molecule has 2 atom stereocenters. The second kappa shape index (κ2) is 8.84. The van der Waals surface area contributed by atoms with Crippen LogP contribution < -0.4 is 0 Å². The Bertz CT molecular complexity index is 298. The van der Waals surface area contributed by atoms with E-state index in [0.717, 1.165) is 6.29 Å². The third kappa shape index (κ3) is 6.93. The van der Waals surface area contributed by atoms with Gasteiger partial charge < -0.3 is 4.79 Å². The second-order valence-corrected chi connectivity index (χ2v) is 3.92. The first-order valence-corrected chi connectivity index (χ1v) is 5.57. The molecule has 16 heavy (non-hydrogen) atoms. The van der Waals surface area contributed by atoms with Crippen LogP contribution in [-0.4, -0.2) is 12.1 Å². The van der Waals surface area contributed by atoms with Crippen LogP contribution in [0.4, 0.5) is 0 Å². The van der Waals surface area contributed by atoms with Gasteiger partial charge in [0.2, 0.25) is 0 Å². The topological polar surface area (TPSA) is 34.1 Å². The maximum atomic E-state index is 11.6. The molecule has 0 amide bonds. The maximum Gasteiger partial charge on any atom is 0.158 e. The number of allylic oxidation sites excluding steroid dienone is 6. The van der Waals surface area contributed by atoms with Gasteiger partial charge in [-0.15, -0.1) is 0 Å². The van der Waals surface area contributed by atoms with Gasteiger partial charge in [-0.2, -0.15) is 0 Å². The van der Waals surface area contributed by atoms with Gasteiger partial charge in [-0.1, -0.05) is 44.2 Å². The zero-order chi connectivity index (χ0) is 12.4. The molecule has 0 fully saturated rings. The van der Waals surface area contributed by atoms with Gasteiger partial charge in [-0.25, -0.2) is 0 Å². The van der Waals surface area contributed by atoms with E-state index in [2.05, 4.69) is 0 Å². The van der Waals surface area contributed by atoms with Crippen LogP contribution in [-0.2, 0) is 9.59 Å². The lowest BCUT2D eigenvalue weighted by Crippen LogP contribution is -2.12. The number of hydrogen-bond donors (Lipinski definition) is 0. The largest absolute Gasteiger partial charge is 0.303 e. The minimum Gasteiger partial charge on any atom is -0.303 e. The lowest BCUT2D eigenvalue weighted by Gasteiger charge is -2.08. The fraction of sp³-hybridized carbons (Fsp3) is 0.429. The van der Waals surface area contributed by atoms with Crippen LogP contribution in [0.15, 0.2) is 36.5 Å². The second-order valence-electron chi connectivity index (χ2n) is 3.92. The average molecular weight is 220 g/mol. The van der Waals surface area contributed by atoms with E-state index in [0.29, 0.717) is 6.42 Å². The lowest BCUT2D eigenvalue weighted by atomic mass is 9.94. The molecule has 0 aromatic carbocycles. The van der Waals surface area contributed by atoms with E-state index in [1.807, 2.05) is 45.1 Å². The van der Waals surface area contributed by atoms with Gasteiger partial charge in [0.05, 0.1) is 0 Å². The van der Waals surface area contributed by atoms with Crippen molar-refractivity contribution < 1.29 is 9.59 Å². The summed E-state index contributed by atoms with van der Waals surface area (Å²) < 4.78 is 0. The highest BCUT2D eigenvalue weighted by Crippen LogP contribution is 2.11. The van der Waals surface area contributed by atoms with Gasteiger partial charge in [0, 0.05) is 11.8 Å². The van der Waals surface area contributed by atoms with Gasteiger partial charge in [-0.05, 0) is 19.4 Å². The summed E-state index contributed by atoms with van der Waals surface area (Å²) in [5.41, 5.74) is 0. The molecule has 0 radical (unpaired) electrons. The summed E-state index contributed by atoms with van der Waals surface area (Å²) in [4.78, 5) is 22.0. The molecule has 0 aliphatic rings. The molecule has 0 aromatic rings. The van der Waals surface area contributed by atoms with Crippen LogP contribution in [0.3, 0.4) is 0 Å². The van der Waals surface area contributed by atoms with Crippen molar-refractivity contribution in [3.63, 3.8) is 0 Å². The maximum absolute atomic E-state index is 11.6. The van der Waals surface area contributed by atoms with Gasteiger partial charge in [0.25, 0.3) is 0 Å². The minimum absolute atomic E-state index is 0.0501. The first-order chi connectivity index (χ1) is 7.61. The van der Waals surface area contributed by atoms with Crippen molar-refractivity contribution >= 4 is 12.1 Å². The van der Waals surface area contributed by atoms with Gasteiger partial charge >= 0.3 is 0 Å². The van der Waals surface area contributed by atoms with Crippen molar-refractivity contribution in [3.8, 4) is 0 Å². The molecule has 0 heterocycles. The molecule has 0 bridgehead atoms. The molecule has 0 unspecified atom stereocenters. The third-order valence-electron chi connectivity index (χ3n) is 2.23. The summed E-state index contributed by atoms with van der Waals surface area (Å²) in [6.07, 6.45) is 12.3. The molecule has 0 saturated carbocycles. The van der Waals surface area contributed by atoms with Crippen molar-refractivity contribution in [3.05, 3.63) is 36.5 Å². The Morgan fingerprint density at radius 3 is 2.31 bits per heavy atom. The molecule has 0 saturated heterocycles. The number of hydrogen-bond acceptors (Lipinski definition) is 2. The number of carbonyl (C=O) groups is 2. The van der Waals surface area contributed by atoms with Crippen molar-refractivity contribution in [2.75, 3.05) is 0 Å². The minimum atomic E-state index is -0.0911. The summed E-state index contributed by atoms with van der Waals surface area (Å²) in [5.74, 6) is -0.0729. The van der Waals surface area contributed by atoms with E-state index in [4.69, 9.17) is 0 Å². The van der Waals surface area contributed by atoms with Crippen molar-refractivity contribution in [1.82, 2.24) is 0 Å². The molecule has 2 heteroatoms. The lowest BCUT2D eigenvalue weighted by molar-refractivity contribution is -0.118. The molecule has 0 spiro atoms. The highest BCUT2D eigenvalue weighted by molar-refractivity contribution is 5.91. The predicted octanol–water partition coefficient (Wildman–Crippen LogP) is 3.11. The molecule has 0 N–H and O–H groups in total. The Labute approximate surface area is 97.7 Å². The van der Waals surface area contributed by atoms with Gasteiger partial charge in [0.1, 0.15) is 6.29 Å². The van der Waals surface area contributed by atoms with Crippen molar-refractivity contribution in [2.24, 2.45) is 11.8 Å². The summed E-state index contributed by atoms with van der Waals surface area (Å²) in [6, 6.07) is 0. The highest BCUT2D eigenvalue weighted by atomic mass is 16.1. The van der Waals surface area contributed by atoms with E-state index in [-0.39, 0.29) is 17.6 Å². The van der Waals surface area contributed by atoms with Crippen LogP contribution >= 0.6 is 0 Å². The highest BCUT2D eigenvalue weighted by Gasteiger charge is 2.12. The Kier molecular flexibility index (Phi) is 8.04. The number of rotatable bonds is 7. The van der Waals surface area contributed by atoms with Crippen LogP contribution in [0.2, 0.25) is 0 Å². The van der Waals surface area contributed by atoms with E-state index in [9.17, 15) is 9.59 Å². The molecule has 2 nitrogen and oxygen atoms in total. The third-order valence-corrected chi connectivity index (χ3v) is 2.23. The van der Waals surface area contributed by atoms with E-state index >= 15 is 0 Å². The van der Waals surface area contributed by atoms with Gasteiger partial charge in [-0.3, -0.25) is 4.79 Å². The summed E-state index contributed by atoms with van der Waals surface area (Å²) in [7, 11) is 0. The Morgan fingerprint density at radius 1 is 1.12 bits per heavy atom. The fourth-order valence-corrected chi connectivity index (χ4v) is 1.28. The number of carbonyl (C=O) groups excluding carboxylic acids is 2. The molecule has 88 valence electrons. The van der Waals surface area contributed by atoms with E-state index in [1.54, 1.807) is 12.2 Å².